The second-order valence-electron chi connectivity index (χ2n) is 2.05. The highest BCUT2D eigenvalue weighted by atomic mass is 16.6. The van der Waals surface area contributed by atoms with Gasteiger partial charge in [0.25, 0.3) is 0 Å². The van der Waals surface area contributed by atoms with Gasteiger partial charge in [-0.2, -0.15) is 0 Å². The molecule has 58 valence electrons. The van der Waals surface area contributed by atoms with E-state index in [-0.39, 0.29) is 0 Å². The first-order valence-corrected chi connectivity index (χ1v) is 2.83. The van der Waals surface area contributed by atoms with Gasteiger partial charge < -0.3 is 20.1 Å². The third-order valence-electron chi connectivity index (χ3n) is 1.35. The fraction of sp³-hybridized carbons (Fsp3) is 0.800. The predicted octanol–water partition coefficient (Wildman–Crippen LogP) is -2.37. The maximum absolute atomic E-state index is 10.7. The van der Waals surface area contributed by atoms with Crippen molar-refractivity contribution in [3.05, 3.63) is 0 Å². The standard InChI is InChI=1S/C5H8O5/c6-1-2-3(7)4(8)5(9)10-2/h2,4-6,8-9H,1H2/t2-,4-,5?/m1/s1. The van der Waals surface area contributed by atoms with Crippen molar-refractivity contribution in [2.45, 2.75) is 18.5 Å². The minimum Gasteiger partial charge on any atom is -0.393 e. The summed E-state index contributed by atoms with van der Waals surface area (Å²) in [6, 6.07) is 0. The Morgan fingerprint density at radius 2 is 2.10 bits per heavy atom. The van der Waals surface area contributed by atoms with E-state index in [4.69, 9.17) is 15.3 Å². The molecule has 0 aliphatic carbocycles. The van der Waals surface area contributed by atoms with Crippen molar-refractivity contribution in [2.24, 2.45) is 0 Å². The van der Waals surface area contributed by atoms with Crippen molar-refractivity contribution in [2.75, 3.05) is 6.61 Å². The van der Waals surface area contributed by atoms with Crippen LogP contribution in [0.25, 0.3) is 0 Å². The normalized spacial score (nSPS) is 40.7. The van der Waals surface area contributed by atoms with Gasteiger partial charge in [-0.05, 0) is 0 Å². The molecule has 0 bridgehead atoms. The molecule has 1 aliphatic heterocycles. The van der Waals surface area contributed by atoms with Crippen LogP contribution in [0.5, 0.6) is 0 Å². The van der Waals surface area contributed by atoms with Crippen molar-refractivity contribution >= 4 is 5.78 Å². The number of ketones is 1. The van der Waals surface area contributed by atoms with Crippen LogP contribution < -0.4 is 0 Å². The quantitative estimate of drug-likeness (QED) is 0.386. The largest absolute Gasteiger partial charge is 0.393 e. The molecule has 1 saturated heterocycles. The van der Waals surface area contributed by atoms with E-state index in [2.05, 4.69) is 4.74 Å². The first-order valence-electron chi connectivity index (χ1n) is 2.83. The molecule has 0 aromatic rings. The lowest BCUT2D eigenvalue weighted by molar-refractivity contribution is -0.132. The molecule has 0 radical (unpaired) electrons. The van der Waals surface area contributed by atoms with Crippen molar-refractivity contribution in [3.8, 4) is 0 Å². The highest BCUT2D eigenvalue weighted by Crippen LogP contribution is 2.13. The van der Waals surface area contributed by atoms with Crippen LogP contribution in [-0.4, -0.2) is 46.2 Å². The Bertz CT molecular complexity index is 145. The van der Waals surface area contributed by atoms with Gasteiger partial charge in [0, 0.05) is 0 Å². The Kier molecular flexibility index (Phi) is 2.00. The van der Waals surface area contributed by atoms with Crippen LogP contribution in [0.3, 0.4) is 0 Å². The zero-order valence-electron chi connectivity index (χ0n) is 5.10. The molecule has 1 unspecified atom stereocenters. The minimum atomic E-state index is -1.50. The topological polar surface area (TPSA) is 87.0 Å². The lowest BCUT2D eigenvalue weighted by Gasteiger charge is -2.02. The molecule has 3 atom stereocenters. The molecule has 1 fully saturated rings. The van der Waals surface area contributed by atoms with Crippen molar-refractivity contribution in [1.82, 2.24) is 0 Å². The van der Waals surface area contributed by atoms with E-state index < -0.39 is 30.9 Å². The second kappa shape index (κ2) is 2.63. The molecule has 1 aliphatic rings. The average molecular weight is 148 g/mol. The second-order valence-corrected chi connectivity index (χ2v) is 2.05. The number of aliphatic hydroxyl groups excluding tert-OH is 3. The molecule has 0 amide bonds. The van der Waals surface area contributed by atoms with Gasteiger partial charge in [0.1, 0.15) is 6.10 Å². The van der Waals surface area contributed by atoms with Crippen LogP contribution >= 0.6 is 0 Å². The van der Waals surface area contributed by atoms with E-state index in [1.54, 1.807) is 0 Å². The van der Waals surface area contributed by atoms with Crippen LogP contribution in [0.4, 0.5) is 0 Å². The highest BCUT2D eigenvalue weighted by molar-refractivity contribution is 5.89. The van der Waals surface area contributed by atoms with Gasteiger partial charge in [0.2, 0.25) is 0 Å². The minimum absolute atomic E-state index is 0.507. The molecular weight excluding hydrogens is 140 g/mol. The number of Topliss-reactive ketones (excluding diaryl/α,β-unsaturated/α-hetero) is 1. The average Bonchev–Trinajstić information content (AvgIpc) is 2.17. The van der Waals surface area contributed by atoms with Crippen LogP contribution in [0.2, 0.25) is 0 Å². The van der Waals surface area contributed by atoms with Gasteiger partial charge in [-0.3, -0.25) is 4.79 Å². The third-order valence-corrected chi connectivity index (χ3v) is 1.35. The summed E-state index contributed by atoms with van der Waals surface area (Å²) < 4.78 is 4.44. The maximum atomic E-state index is 10.7. The van der Waals surface area contributed by atoms with Gasteiger partial charge >= 0.3 is 0 Å². The lowest BCUT2D eigenvalue weighted by atomic mass is 10.2. The summed E-state index contributed by atoms with van der Waals surface area (Å²) in [6.45, 7) is -0.507. The molecule has 3 N–H and O–H groups in total. The molecular formula is C5H8O5. The van der Waals surface area contributed by atoms with Crippen LogP contribution in [0.1, 0.15) is 0 Å². The molecule has 0 saturated carbocycles. The Labute approximate surface area is 56.9 Å². The number of hydrogen-bond donors (Lipinski definition) is 3. The number of rotatable bonds is 1. The molecule has 0 aromatic carbocycles. The maximum Gasteiger partial charge on any atom is 0.197 e. The summed E-state index contributed by atoms with van der Waals surface area (Å²) in [5.41, 5.74) is 0. The number of aliphatic hydroxyl groups is 3. The van der Waals surface area contributed by atoms with E-state index in [0.29, 0.717) is 0 Å². The smallest absolute Gasteiger partial charge is 0.197 e. The summed E-state index contributed by atoms with van der Waals surface area (Å²) in [7, 11) is 0. The van der Waals surface area contributed by atoms with E-state index in [1.165, 1.54) is 0 Å². The van der Waals surface area contributed by atoms with Crippen molar-refractivity contribution in [1.29, 1.82) is 0 Å². The molecule has 1 rings (SSSR count). The molecule has 5 heteroatoms. The number of carbonyl (C=O) groups excluding carboxylic acids is 1. The Morgan fingerprint density at radius 3 is 2.30 bits per heavy atom. The summed E-state index contributed by atoms with van der Waals surface area (Å²) in [5.74, 6) is -0.671. The van der Waals surface area contributed by atoms with Crippen molar-refractivity contribution < 1.29 is 24.9 Å². The Hall–Kier alpha value is -0.490. The first kappa shape index (κ1) is 7.62. The predicted molar refractivity (Wildman–Crippen MR) is 29.0 cm³/mol. The van der Waals surface area contributed by atoms with Gasteiger partial charge in [-0.15, -0.1) is 0 Å². The molecule has 0 aromatic heterocycles. The number of carbonyl (C=O) groups is 1. The fourth-order valence-electron chi connectivity index (χ4n) is 0.774. The van der Waals surface area contributed by atoms with Crippen LogP contribution in [0.15, 0.2) is 0 Å². The van der Waals surface area contributed by atoms with Crippen LogP contribution in [-0.2, 0) is 9.53 Å². The Balaban J connectivity index is 2.62. The molecule has 0 spiro atoms. The number of ether oxygens (including phenoxy) is 1. The zero-order chi connectivity index (χ0) is 7.72. The zero-order valence-corrected chi connectivity index (χ0v) is 5.10. The van der Waals surface area contributed by atoms with E-state index in [0.717, 1.165) is 0 Å². The van der Waals surface area contributed by atoms with Gasteiger partial charge in [0.05, 0.1) is 6.61 Å². The summed E-state index contributed by atoms with van der Waals surface area (Å²) in [5, 5.41) is 25.8. The van der Waals surface area contributed by atoms with Gasteiger partial charge in [-0.1, -0.05) is 0 Å². The van der Waals surface area contributed by atoms with Crippen LogP contribution in [0, 0.1) is 0 Å². The van der Waals surface area contributed by atoms with Crippen molar-refractivity contribution in [3.63, 3.8) is 0 Å². The van der Waals surface area contributed by atoms with E-state index >= 15 is 0 Å². The SMILES string of the molecule is O=C1[C@@H](O)C(O)O[C@@H]1CO. The summed E-state index contributed by atoms with van der Waals surface area (Å²) in [4.78, 5) is 10.7. The van der Waals surface area contributed by atoms with E-state index in [1.807, 2.05) is 0 Å². The van der Waals surface area contributed by atoms with Gasteiger partial charge in [-0.25, -0.2) is 0 Å². The Morgan fingerprint density at radius 1 is 1.50 bits per heavy atom. The molecule has 5 nitrogen and oxygen atoms in total. The highest BCUT2D eigenvalue weighted by Gasteiger charge is 2.40. The molecule has 1 heterocycles. The first-order chi connectivity index (χ1) is 4.66. The summed E-state index contributed by atoms with van der Waals surface area (Å²) in [6.07, 6.45) is -4.05. The number of hydrogen-bond acceptors (Lipinski definition) is 5. The fourth-order valence-corrected chi connectivity index (χ4v) is 0.774. The molecule has 10 heavy (non-hydrogen) atoms. The monoisotopic (exact) mass is 148 g/mol. The van der Waals surface area contributed by atoms with Gasteiger partial charge in [0.15, 0.2) is 18.2 Å². The van der Waals surface area contributed by atoms with E-state index in [9.17, 15) is 4.79 Å². The third kappa shape index (κ3) is 1.04. The summed E-state index contributed by atoms with van der Waals surface area (Å²) >= 11 is 0. The lowest BCUT2D eigenvalue weighted by Crippen LogP contribution is -2.28.